The van der Waals surface area contributed by atoms with Gasteiger partial charge in [0, 0.05) is 38.6 Å². The van der Waals surface area contributed by atoms with E-state index < -0.39 is 0 Å². The average Bonchev–Trinajstić information content (AvgIpc) is 2.88. The lowest BCUT2D eigenvalue weighted by Gasteiger charge is -2.26. The molecule has 0 aliphatic carbocycles. The number of hydrogen-bond acceptors (Lipinski definition) is 5. The van der Waals surface area contributed by atoms with Gasteiger partial charge in [-0.15, -0.1) is 0 Å². The van der Waals surface area contributed by atoms with Gasteiger partial charge in [-0.05, 0) is 22.0 Å². The zero-order valence-corrected chi connectivity index (χ0v) is 12.1. The Balaban J connectivity index is 1.63. The molecule has 0 unspecified atom stereocenters. The van der Waals surface area contributed by atoms with Crippen LogP contribution in [0.5, 0.6) is 0 Å². The number of nitrogens with one attached hydrogen (secondary N) is 1. The highest BCUT2D eigenvalue weighted by Crippen LogP contribution is 2.18. The van der Waals surface area contributed by atoms with Gasteiger partial charge in [0.2, 0.25) is 0 Å². The summed E-state index contributed by atoms with van der Waals surface area (Å²) in [5.74, 6) is 0. The third-order valence-corrected chi connectivity index (χ3v) is 3.56. The SMILES string of the molecule is Brc1cc(NCCN2CCOCC2)c2nccn2n1. The Hall–Kier alpha value is -1.18. The van der Waals surface area contributed by atoms with Crippen LogP contribution in [0.1, 0.15) is 0 Å². The number of hydrogen-bond donors (Lipinski definition) is 1. The highest BCUT2D eigenvalue weighted by Gasteiger charge is 2.10. The Morgan fingerprint density at radius 3 is 3.05 bits per heavy atom. The molecule has 1 fully saturated rings. The van der Waals surface area contributed by atoms with E-state index in [0.29, 0.717) is 0 Å². The molecule has 3 heterocycles. The topological polar surface area (TPSA) is 54.7 Å². The summed E-state index contributed by atoms with van der Waals surface area (Å²) >= 11 is 3.41. The molecule has 0 bridgehead atoms. The summed E-state index contributed by atoms with van der Waals surface area (Å²) in [6.45, 7) is 5.60. The third kappa shape index (κ3) is 3.05. The number of ether oxygens (including phenoxy) is 1. The maximum Gasteiger partial charge on any atom is 0.177 e. The summed E-state index contributed by atoms with van der Waals surface area (Å²) in [6.07, 6.45) is 3.59. The van der Waals surface area contributed by atoms with Gasteiger partial charge in [0.1, 0.15) is 4.60 Å². The summed E-state index contributed by atoms with van der Waals surface area (Å²) < 4.78 is 7.90. The van der Waals surface area contributed by atoms with Crippen LogP contribution in [0.2, 0.25) is 0 Å². The molecule has 1 aliphatic heterocycles. The van der Waals surface area contributed by atoms with Crippen molar-refractivity contribution in [1.82, 2.24) is 19.5 Å². The van der Waals surface area contributed by atoms with Crippen LogP contribution in [-0.2, 0) is 4.74 Å². The normalized spacial score (nSPS) is 16.9. The lowest BCUT2D eigenvalue weighted by molar-refractivity contribution is 0.0398. The van der Waals surface area contributed by atoms with Crippen LogP contribution in [0.15, 0.2) is 23.1 Å². The number of rotatable bonds is 4. The molecule has 102 valence electrons. The fourth-order valence-corrected chi connectivity index (χ4v) is 2.59. The number of anilines is 1. The van der Waals surface area contributed by atoms with Crippen molar-refractivity contribution in [1.29, 1.82) is 0 Å². The molecule has 1 saturated heterocycles. The van der Waals surface area contributed by atoms with Gasteiger partial charge in [0.15, 0.2) is 5.65 Å². The summed E-state index contributed by atoms with van der Waals surface area (Å²) in [4.78, 5) is 6.71. The molecule has 6 nitrogen and oxygen atoms in total. The first-order valence-electron chi connectivity index (χ1n) is 6.37. The van der Waals surface area contributed by atoms with Gasteiger partial charge in [0.25, 0.3) is 0 Å². The summed E-state index contributed by atoms with van der Waals surface area (Å²) in [7, 11) is 0. The van der Waals surface area contributed by atoms with Crippen molar-refractivity contribution in [2.45, 2.75) is 0 Å². The van der Waals surface area contributed by atoms with E-state index >= 15 is 0 Å². The van der Waals surface area contributed by atoms with Crippen molar-refractivity contribution in [3.8, 4) is 0 Å². The van der Waals surface area contributed by atoms with E-state index in [1.54, 1.807) is 10.7 Å². The summed E-state index contributed by atoms with van der Waals surface area (Å²) in [5.41, 5.74) is 1.85. The van der Waals surface area contributed by atoms with Crippen LogP contribution in [0.4, 0.5) is 5.69 Å². The fraction of sp³-hybridized carbons (Fsp3) is 0.500. The van der Waals surface area contributed by atoms with Crippen LogP contribution in [0.3, 0.4) is 0 Å². The van der Waals surface area contributed by atoms with E-state index in [4.69, 9.17) is 4.74 Å². The van der Waals surface area contributed by atoms with Crippen molar-refractivity contribution in [2.75, 3.05) is 44.7 Å². The molecule has 7 heteroatoms. The predicted octanol–water partition coefficient (Wildman–Crippen LogP) is 1.24. The number of halogens is 1. The second-order valence-corrected chi connectivity index (χ2v) is 5.27. The van der Waals surface area contributed by atoms with Gasteiger partial charge in [-0.3, -0.25) is 4.90 Å². The lowest BCUT2D eigenvalue weighted by atomic mass is 10.4. The van der Waals surface area contributed by atoms with Crippen molar-refractivity contribution < 1.29 is 4.74 Å². The second kappa shape index (κ2) is 5.85. The van der Waals surface area contributed by atoms with Crippen molar-refractivity contribution in [2.24, 2.45) is 0 Å². The minimum Gasteiger partial charge on any atom is -0.381 e. The zero-order valence-electron chi connectivity index (χ0n) is 10.5. The van der Waals surface area contributed by atoms with E-state index in [1.807, 2.05) is 12.3 Å². The Kier molecular flexibility index (Phi) is 3.95. The van der Waals surface area contributed by atoms with Gasteiger partial charge >= 0.3 is 0 Å². The molecule has 0 radical (unpaired) electrons. The van der Waals surface area contributed by atoms with Crippen LogP contribution in [-0.4, -0.2) is 58.9 Å². The molecular weight excluding hydrogens is 310 g/mol. The fourth-order valence-electron chi connectivity index (χ4n) is 2.19. The molecule has 0 amide bonds. The van der Waals surface area contributed by atoms with Gasteiger partial charge in [-0.2, -0.15) is 5.10 Å². The average molecular weight is 326 g/mol. The number of aromatic nitrogens is 3. The van der Waals surface area contributed by atoms with E-state index in [0.717, 1.165) is 55.3 Å². The molecule has 2 aromatic heterocycles. The van der Waals surface area contributed by atoms with Crippen LogP contribution < -0.4 is 5.32 Å². The monoisotopic (exact) mass is 325 g/mol. The second-order valence-electron chi connectivity index (χ2n) is 4.46. The Morgan fingerprint density at radius 1 is 1.37 bits per heavy atom. The quantitative estimate of drug-likeness (QED) is 0.916. The van der Waals surface area contributed by atoms with Gasteiger partial charge < -0.3 is 10.1 Å². The molecule has 3 rings (SSSR count). The van der Waals surface area contributed by atoms with Crippen LogP contribution in [0, 0.1) is 0 Å². The minimum absolute atomic E-state index is 0.798. The first-order valence-corrected chi connectivity index (χ1v) is 7.16. The molecule has 1 aliphatic rings. The van der Waals surface area contributed by atoms with E-state index in [2.05, 4.69) is 36.2 Å². The third-order valence-electron chi connectivity index (χ3n) is 3.18. The number of morpholine rings is 1. The van der Waals surface area contributed by atoms with E-state index in [-0.39, 0.29) is 0 Å². The van der Waals surface area contributed by atoms with Crippen molar-refractivity contribution in [3.05, 3.63) is 23.1 Å². The minimum atomic E-state index is 0.798. The van der Waals surface area contributed by atoms with Gasteiger partial charge in [-0.1, -0.05) is 0 Å². The zero-order chi connectivity index (χ0) is 13.1. The Bertz CT molecular complexity index is 552. The highest BCUT2D eigenvalue weighted by molar-refractivity contribution is 9.10. The molecule has 0 aromatic carbocycles. The first kappa shape index (κ1) is 12.8. The maximum absolute atomic E-state index is 5.34. The standard InChI is InChI=1S/C12H16BrN5O/c13-11-9-10(12-15-2-4-18(12)16-11)14-1-3-17-5-7-19-8-6-17/h2,4,9,14H,1,3,5-8H2. The van der Waals surface area contributed by atoms with Gasteiger partial charge in [-0.25, -0.2) is 9.50 Å². The molecule has 0 saturated carbocycles. The molecule has 19 heavy (non-hydrogen) atoms. The molecule has 0 spiro atoms. The number of fused-ring (bicyclic) bond motifs is 1. The number of imidazole rings is 1. The van der Waals surface area contributed by atoms with Gasteiger partial charge in [0.05, 0.1) is 18.9 Å². The Morgan fingerprint density at radius 2 is 2.21 bits per heavy atom. The molecule has 1 N–H and O–H groups in total. The smallest absolute Gasteiger partial charge is 0.177 e. The molecule has 0 atom stereocenters. The molecule has 2 aromatic rings. The highest BCUT2D eigenvalue weighted by atomic mass is 79.9. The largest absolute Gasteiger partial charge is 0.381 e. The van der Waals surface area contributed by atoms with Crippen molar-refractivity contribution >= 4 is 27.3 Å². The van der Waals surface area contributed by atoms with Crippen LogP contribution in [0.25, 0.3) is 5.65 Å². The number of nitrogens with zero attached hydrogens (tertiary/aromatic N) is 4. The van der Waals surface area contributed by atoms with E-state index in [1.165, 1.54) is 0 Å². The van der Waals surface area contributed by atoms with Crippen LogP contribution >= 0.6 is 15.9 Å². The first-order chi connectivity index (χ1) is 9.33. The van der Waals surface area contributed by atoms with Crippen molar-refractivity contribution in [3.63, 3.8) is 0 Å². The summed E-state index contributed by atoms with van der Waals surface area (Å²) in [6, 6.07) is 1.96. The predicted molar refractivity (Wildman–Crippen MR) is 76.4 cm³/mol. The molecular formula is C12H16BrN5O. The Labute approximate surface area is 119 Å². The maximum atomic E-state index is 5.34. The summed E-state index contributed by atoms with van der Waals surface area (Å²) in [5, 5.41) is 7.72. The van der Waals surface area contributed by atoms with E-state index in [9.17, 15) is 0 Å². The lowest BCUT2D eigenvalue weighted by Crippen LogP contribution is -2.39.